The van der Waals surface area contributed by atoms with Gasteiger partial charge in [-0.15, -0.1) is 11.8 Å². The summed E-state index contributed by atoms with van der Waals surface area (Å²) in [7, 11) is 0. The fraction of sp³-hybridized carbons (Fsp3) is 0.562. The van der Waals surface area contributed by atoms with Crippen LogP contribution in [0.4, 0.5) is 0 Å². The van der Waals surface area contributed by atoms with Crippen LogP contribution in [0.1, 0.15) is 30.4 Å². The fourth-order valence-electron chi connectivity index (χ4n) is 2.62. The molecule has 110 valence electrons. The van der Waals surface area contributed by atoms with Crippen LogP contribution in [-0.2, 0) is 4.79 Å². The number of aryl methyl sites for hydroxylation is 2. The molecule has 2 rings (SSSR count). The molecule has 1 fully saturated rings. The zero-order valence-corrected chi connectivity index (χ0v) is 13.1. The number of rotatable bonds is 5. The normalized spacial score (nSPS) is 20.0. The van der Waals surface area contributed by atoms with Crippen molar-refractivity contribution in [2.45, 2.75) is 44.0 Å². The average molecular weight is 293 g/mol. The Morgan fingerprint density at radius 3 is 2.85 bits per heavy atom. The van der Waals surface area contributed by atoms with E-state index in [4.69, 9.17) is 0 Å². The van der Waals surface area contributed by atoms with E-state index < -0.39 is 5.97 Å². The summed E-state index contributed by atoms with van der Waals surface area (Å²) < 4.78 is 0. The maximum atomic E-state index is 11.2. The van der Waals surface area contributed by atoms with Crippen LogP contribution in [0.25, 0.3) is 0 Å². The minimum absolute atomic E-state index is 0.274. The monoisotopic (exact) mass is 293 g/mol. The second kappa shape index (κ2) is 7.14. The molecule has 0 saturated carbocycles. The average Bonchev–Trinajstić information content (AvgIpc) is 2.43. The van der Waals surface area contributed by atoms with Crippen LogP contribution in [0.5, 0.6) is 0 Å². The molecule has 1 N–H and O–H groups in total. The van der Waals surface area contributed by atoms with Gasteiger partial charge in [-0.3, -0.25) is 9.69 Å². The lowest BCUT2D eigenvalue weighted by molar-refractivity contribution is -0.144. The largest absolute Gasteiger partial charge is 0.480 e. The van der Waals surface area contributed by atoms with Crippen LogP contribution in [0.3, 0.4) is 0 Å². The maximum absolute atomic E-state index is 11.2. The SMILES string of the molecule is Cc1ccc(SCCN2CCCCC2C(=O)O)cc1C. The predicted octanol–water partition coefficient (Wildman–Crippen LogP) is 3.33. The number of carboxylic acids is 1. The van der Waals surface area contributed by atoms with Crippen molar-refractivity contribution in [3.8, 4) is 0 Å². The van der Waals surface area contributed by atoms with E-state index in [0.717, 1.165) is 38.1 Å². The van der Waals surface area contributed by atoms with E-state index in [0.29, 0.717) is 0 Å². The van der Waals surface area contributed by atoms with Crippen molar-refractivity contribution in [3.63, 3.8) is 0 Å². The van der Waals surface area contributed by atoms with Gasteiger partial charge in [-0.2, -0.15) is 0 Å². The summed E-state index contributed by atoms with van der Waals surface area (Å²) in [4.78, 5) is 14.6. The van der Waals surface area contributed by atoms with Crippen molar-refractivity contribution < 1.29 is 9.90 Å². The molecule has 1 aliphatic rings. The Morgan fingerprint density at radius 2 is 2.15 bits per heavy atom. The van der Waals surface area contributed by atoms with Gasteiger partial charge in [0.25, 0.3) is 0 Å². The van der Waals surface area contributed by atoms with Gasteiger partial charge in [-0.25, -0.2) is 0 Å². The van der Waals surface area contributed by atoms with Crippen LogP contribution < -0.4 is 0 Å². The number of carbonyl (C=O) groups is 1. The highest BCUT2D eigenvalue weighted by Crippen LogP contribution is 2.23. The van der Waals surface area contributed by atoms with Gasteiger partial charge in [0, 0.05) is 17.2 Å². The lowest BCUT2D eigenvalue weighted by Gasteiger charge is -2.32. The molecular formula is C16H23NO2S. The molecule has 4 heteroatoms. The van der Waals surface area contributed by atoms with Gasteiger partial charge in [0.1, 0.15) is 6.04 Å². The summed E-state index contributed by atoms with van der Waals surface area (Å²) >= 11 is 1.82. The van der Waals surface area contributed by atoms with Gasteiger partial charge < -0.3 is 5.11 Å². The summed E-state index contributed by atoms with van der Waals surface area (Å²) in [5.41, 5.74) is 2.63. The highest BCUT2D eigenvalue weighted by molar-refractivity contribution is 7.99. The van der Waals surface area contributed by atoms with E-state index in [1.165, 1.54) is 16.0 Å². The van der Waals surface area contributed by atoms with E-state index in [-0.39, 0.29) is 6.04 Å². The molecule has 3 nitrogen and oxygen atoms in total. The standard InChI is InChI=1S/C16H23NO2S/c1-12-6-7-14(11-13(12)2)20-10-9-17-8-4-3-5-15(17)16(18)19/h6-7,11,15H,3-5,8-10H2,1-2H3,(H,18,19). The summed E-state index contributed by atoms with van der Waals surface area (Å²) in [6.45, 7) is 6.03. The number of aliphatic carboxylic acids is 1. The number of likely N-dealkylation sites (tertiary alicyclic amines) is 1. The zero-order chi connectivity index (χ0) is 14.5. The Balaban J connectivity index is 1.85. The summed E-state index contributed by atoms with van der Waals surface area (Å²) in [6, 6.07) is 6.24. The molecule has 1 aromatic carbocycles. The first kappa shape index (κ1) is 15.4. The molecule has 0 radical (unpaired) electrons. The van der Waals surface area contributed by atoms with E-state index in [1.54, 1.807) is 0 Å². The molecule has 1 aromatic rings. The molecule has 1 aliphatic heterocycles. The van der Waals surface area contributed by atoms with Crippen molar-refractivity contribution in [2.24, 2.45) is 0 Å². The Bertz CT molecular complexity index is 476. The van der Waals surface area contributed by atoms with E-state index in [9.17, 15) is 9.90 Å². The number of hydrogen-bond donors (Lipinski definition) is 1. The third-order valence-corrected chi connectivity index (χ3v) is 5.00. The van der Waals surface area contributed by atoms with Gasteiger partial charge in [-0.05, 0) is 56.5 Å². The molecule has 0 aliphatic carbocycles. The van der Waals surface area contributed by atoms with Crippen molar-refractivity contribution in [2.75, 3.05) is 18.8 Å². The van der Waals surface area contributed by atoms with E-state index in [1.807, 2.05) is 11.8 Å². The molecule has 1 unspecified atom stereocenters. The topological polar surface area (TPSA) is 40.5 Å². The number of nitrogens with zero attached hydrogens (tertiary/aromatic N) is 1. The quantitative estimate of drug-likeness (QED) is 0.845. The predicted molar refractivity (Wildman–Crippen MR) is 83.5 cm³/mol. The first-order valence-corrected chi connectivity index (χ1v) is 8.23. The molecule has 1 saturated heterocycles. The Kier molecular flexibility index (Phi) is 5.49. The lowest BCUT2D eigenvalue weighted by atomic mass is 10.0. The van der Waals surface area contributed by atoms with Crippen molar-refractivity contribution in [1.82, 2.24) is 4.90 Å². The first-order valence-electron chi connectivity index (χ1n) is 7.25. The van der Waals surface area contributed by atoms with Gasteiger partial charge in [0.2, 0.25) is 0 Å². The van der Waals surface area contributed by atoms with E-state index >= 15 is 0 Å². The second-order valence-electron chi connectivity index (χ2n) is 5.48. The number of thioether (sulfide) groups is 1. The molecule has 0 spiro atoms. The van der Waals surface area contributed by atoms with Crippen LogP contribution in [0, 0.1) is 13.8 Å². The van der Waals surface area contributed by atoms with Crippen LogP contribution in [0.2, 0.25) is 0 Å². The summed E-state index contributed by atoms with van der Waals surface area (Å²) in [5, 5.41) is 9.24. The zero-order valence-electron chi connectivity index (χ0n) is 12.3. The van der Waals surface area contributed by atoms with Gasteiger partial charge in [0.15, 0.2) is 0 Å². The Hall–Kier alpha value is -1.00. The third-order valence-electron chi connectivity index (χ3n) is 4.02. The summed E-state index contributed by atoms with van der Waals surface area (Å²) in [6.07, 6.45) is 2.96. The highest BCUT2D eigenvalue weighted by Gasteiger charge is 2.27. The molecule has 0 amide bonds. The molecule has 0 aromatic heterocycles. The smallest absolute Gasteiger partial charge is 0.320 e. The molecule has 1 heterocycles. The highest BCUT2D eigenvalue weighted by atomic mass is 32.2. The van der Waals surface area contributed by atoms with Crippen LogP contribution >= 0.6 is 11.8 Å². The number of benzene rings is 1. The van der Waals surface area contributed by atoms with Crippen molar-refractivity contribution in [3.05, 3.63) is 29.3 Å². The van der Waals surface area contributed by atoms with Crippen LogP contribution in [-0.4, -0.2) is 40.9 Å². The first-order chi connectivity index (χ1) is 9.58. The van der Waals surface area contributed by atoms with Crippen molar-refractivity contribution >= 4 is 17.7 Å². The lowest BCUT2D eigenvalue weighted by Crippen LogP contribution is -2.45. The van der Waals surface area contributed by atoms with Gasteiger partial charge in [0.05, 0.1) is 0 Å². The second-order valence-corrected chi connectivity index (χ2v) is 6.65. The summed E-state index contributed by atoms with van der Waals surface area (Å²) in [5.74, 6) is 0.285. The minimum Gasteiger partial charge on any atom is -0.480 e. The van der Waals surface area contributed by atoms with E-state index in [2.05, 4.69) is 36.9 Å². The number of carboxylic acid groups (broad SMARTS) is 1. The molecule has 1 atom stereocenters. The Labute approximate surface area is 125 Å². The minimum atomic E-state index is -0.666. The third kappa shape index (κ3) is 4.00. The number of piperidine rings is 1. The molecule has 0 bridgehead atoms. The molecule has 20 heavy (non-hydrogen) atoms. The van der Waals surface area contributed by atoms with Crippen LogP contribution in [0.15, 0.2) is 23.1 Å². The van der Waals surface area contributed by atoms with Crippen molar-refractivity contribution in [1.29, 1.82) is 0 Å². The fourth-order valence-corrected chi connectivity index (χ4v) is 3.61. The molecular weight excluding hydrogens is 270 g/mol. The maximum Gasteiger partial charge on any atom is 0.320 e. The van der Waals surface area contributed by atoms with Gasteiger partial charge in [-0.1, -0.05) is 12.5 Å². The number of hydrogen-bond acceptors (Lipinski definition) is 3. The van der Waals surface area contributed by atoms with Gasteiger partial charge >= 0.3 is 5.97 Å². The Morgan fingerprint density at radius 1 is 1.35 bits per heavy atom.